The number of morpholine rings is 1. The molecule has 1 atom stereocenters. The van der Waals surface area contributed by atoms with Gasteiger partial charge in [0.15, 0.2) is 11.6 Å². The Morgan fingerprint density at radius 2 is 2.14 bits per heavy atom. The minimum absolute atomic E-state index is 0.721. The maximum Gasteiger partial charge on any atom is 0.193 e. The Balaban J connectivity index is 1.20. The quantitative estimate of drug-likeness (QED) is 0.452. The summed E-state index contributed by atoms with van der Waals surface area (Å²) >= 11 is 0. The van der Waals surface area contributed by atoms with Crippen LogP contribution in [0.15, 0.2) is 29.4 Å². The van der Waals surface area contributed by atoms with E-state index in [0.29, 0.717) is 0 Å². The van der Waals surface area contributed by atoms with Crippen LogP contribution in [0.5, 0.6) is 0 Å². The van der Waals surface area contributed by atoms with Gasteiger partial charge in [-0.15, -0.1) is 10.2 Å². The summed E-state index contributed by atoms with van der Waals surface area (Å²) in [5, 5.41) is 12.1. The molecule has 4 rings (SSSR count). The Bertz CT molecular complexity index is 784. The number of hydrogen-bond donors (Lipinski definition) is 1. The second-order valence-corrected chi connectivity index (χ2v) is 7.64. The fraction of sp³-hybridized carbons (Fsp3) is 0.650. The number of likely N-dealkylation sites (tertiary alicyclic amines) is 1. The van der Waals surface area contributed by atoms with Gasteiger partial charge < -0.3 is 15.0 Å². The van der Waals surface area contributed by atoms with Gasteiger partial charge in [0.25, 0.3) is 0 Å². The molecular formula is C20H31N7O. The lowest BCUT2D eigenvalue weighted by molar-refractivity contribution is 0.0315. The lowest BCUT2D eigenvalue weighted by Gasteiger charge is -2.29. The van der Waals surface area contributed by atoms with Crippen LogP contribution in [0.2, 0.25) is 0 Å². The summed E-state index contributed by atoms with van der Waals surface area (Å²) in [5.74, 6) is 2.76. The fourth-order valence-corrected chi connectivity index (χ4v) is 4.16. The Hall–Kier alpha value is -2.19. The molecule has 8 heteroatoms. The monoisotopic (exact) mass is 385 g/mol. The first-order chi connectivity index (χ1) is 13.8. The van der Waals surface area contributed by atoms with Crippen LogP contribution in [0.4, 0.5) is 0 Å². The lowest BCUT2D eigenvalue weighted by atomic mass is 10.1. The molecule has 28 heavy (non-hydrogen) atoms. The number of pyridine rings is 1. The van der Waals surface area contributed by atoms with E-state index >= 15 is 0 Å². The number of rotatable bonds is 6. The largest absolute Gasteiger partial charge is 0.379 e. The summed E-state index contributed by atoms with van der Waals surface area (Å²) in [7, 11) is 1.88. The van der Waals surface area contributed by atoms with Crippen LogP contribution in [0, 0.1) is 5.92 Å². The minimum Gasteiger partial charge on any atom is -0.379 e. The van der Waals surface area contributed by atoms with Gasteiger partial charge in [-0.1, -0.05) is 6.07 Å². The van der Waals surface area contributed by atoms with Crippen LogP contribution >= 0.6 is 0 Å². The topological polar surface area (TPSA) is 70.3 Å². The summed E-state index contributed by atoms with van der Waals surface area (Å²) in [6.07, 6.45) is 5.16. The summed E-state index contributed by atoms with van der Waals surface area (Å²) in [4.78, 5) is 9.44. The summed E-state index contributed by atoms with van der Waals surface area (Å²) in [6, 6.07) is 5.99. The van der Waals surface area contributed by atoms with Gasteiger partial charge in [0, 0.05) is 58.9 Å². The Kier molecular flexibility index (Phi) is 6.38. The molecule has 8 nitrogen and oxygen atoms in total. The van der Waals surface area contributed by atoms with Crippen molar-refractivity contribution in [3.63, 3.8) is 0 Å². The first kappa shape index (κ1) is 19.1. The van der Waals surface area contributed by atoms with E-state index in [1.54, 1.807) is 0 Å². The number of nitrogens with zero attached hydrogens (tertiary/aromatic N) is 6. The maximum atomic E-state index is 5.46. The Morgan fingerprint density at radius 3 is 3.00 bits per heavy atom. The second kappa shape index (κ2) is 9.34. The van der Waals surface area contributed by atoms with E-state index in [-0.39, 0.29) is 0 Å². The minimum atomic E-state index is 0.721. The maximum absolute atomic E-state index is 5.46. The molecule has 2 aromatic heterocycles. The average Bonchev–Trinajstić information content (AvgIpc) is 3.36. The van der Waals surface area contributed by atoms with Crippen LogP contribution in [0.3, 0.4) is 0 Å². The summed E-state index contributed by atoms with van der Waals surface area (Å²) in [5.41, 5.74) is 0.907. The van der Waals surface area contributed by atoms with E-state index in [2.05, 4.69) is 34.7 Å². The summed E-state index contributed by atoms with van der Waals surface area (Å²) < 4.78 is 7.52. The number of aliphatic imine (C=N–C) groups is 1. The number of aryl methyl sites for hydroxylation is 1. The molecule has 2 fully saturated rings. The van der Waals surface area contributed by atoms with E-state index in [1.807, 2.05) is 31.4 Å². The van der Waals surface area contributed by atoms with Crippen LogP contribution in [0.25, 0.3) is 5.65 Å². The summed E-state index contributed by atoms with van der Waals surface area (Å²) in [6.45, 7) is 8.13. The van der Waals surface area contributed by atoms with Gasteiger partial charge in [0.05, 0.1) is 13.2 Å². The van der Waals surface area contributed by atoms with Crippen molar-refractivity contribution >= 4 is 11.6 Å². The number of hydrogen-bond acceptors (Lipinski definition) is 5. The molecular weight excluding hydrogens is 354 g/mol. The molecule has 0 bridgehead atoms. The number of aromatic nitrogens is 3. The van der Waals surface area contributed by atoms with Gasteiger partial charge in [-0.25, -0.2) is 0 Å². The molecule has 0 spiro atoms. The molecule has 0 saturated carbocycles. The predicted molar refractivity (Wildman–Crippen MR) is 110 cm³/mol. The third-order valence-corrected chi connectivity index (χ3v) is 5.66. The van der Waals surface area contributed by atoms with Gasteiger partial charge in [0.2, 0.25) is 0 Å². The zero-order valence-corrected chi connectivity index (χ0v) is 16.8. The first-order valence-electron chi connectivity index (χ1n) is 10.4. The first-order valence-corrected chi connectivity index (χ1v) is 10.4. The zero-order chi connectivity index (χ0) is 19.2. The van der Waals surface area contributed by atoms with Gasteiger partial charge >= 0.3 is 0 Å². The highest BCUT2D eigenvalue weighted by atomic mass is 16.5. The molecule has 0 aromatic carbocycles. The Labute approximate surface area is 166 Å². The van der Waals surface area contributed by atoms with Gasteiger partial charge in [0.1, 0.15) is 5.82 Å². The van der Waals surface area contributed by atoms with Crippen molar-refractivity contribution < 1.29 is 4.74 Å². The molecule has 0 amide bonds. The molecule has 2 aromatic rings. The van der Waals surface area contributed by atoms with Crippen molar-refractivity contribution in [2.45, 2.75) is 19.3 Å². The van der Waals surface area contributed by atoms with Crippen molar-refractivity contribution in [3.8, 4) is 0 Å². The smallest absolute Gasteiger partial charge is 0.193 e. The lowest BCUT2D eigenvalue weighted by Crippen LogP contribution is -2.42. The van der Waals surface area contributed by atoms with Crippen LogP contribution < -0.4 is 5.32 Å². The molecule has 1 unspecified atom stereocenters. The van der Waals surface area contributed by atoms with Crippen molar-refractivity contribution in [2.75, 3.05) is 59.5 Å². The molecule has 2 saturated heterocycles. The molecule has 2 aliphatic heterocycles. The third kappa shape index (κ3) is 4.62. The van der Waals surface area contributed by atoms with E-state index in [0.717, 1.165) is 82.1 Å². The third-order valence-electron chi connectivity index (χ3n) is 5.66. The zero-order valence-electron chi connectivity index (χ0n) is 16.8. The van der Waals surface area contributed by atoms with Crippen LogP contribution in [-0.2, 0) is 11.2 Å². The number of nitrogens with one attached hydrogen (secondary N) is 1. The van der Waals surface area contributed by atoms with Gasteiger partial charge in [-0.05, 0) is 30.9 Å². The van der Waals surface area contributed by atoms with Gasteiger partial charge in [-0.3, -0.25) is 14.3 Å². The predicted octanol–water partition coefficient (Wildman–Crippen LogP) is 0.891. The number of guanidine groups is 1. The molecule has 152 valence electrons. The number of ether oxygens (including phenoxy) is 1. The molecule has 2 aliphatic rings. The molecule has 1 N–H and O–H groups in total. The highest BCUT2D eigenvalue weighted by Gasteiger charge is 2.26. The van der Waals surface area contributed by atoms with Crippen molar-refractivity contribution in [3.05, 3.63) is 30.2 Å². The van der Waals surface area contributed by atoms with Crippen molar-refractivity contribution in [1.82, 2.24) is 29.7 Å². The van der Waals surface area contributed by atoms with Crippen LogP contribution in [-0.4, -0.2) is 89.9 Å². The number of fused-ring (bicyclic) bond motifs is 1. The van der Waals surface area contributed by atoms with Crippen molar-refractivity contribution in [1.29, 1.82) is 0 Å². The highest BCUT2D eigenvalue weighted by molar-refractivity contribution is 5.80. The highest BCUT2D eigenvalue weighted by Crippen LogP contribution is 2.18. The average molecular weight is 386 g/mol. The SMILES string of the molecule is CN=C(NCCCc1nnc2ccccn12)N1CCC(CN2CCOCC2)C1. The van der Waals surface area contributed by atoms with Crippen LogP contribution in [0.1, 0.15) is 18.7 Å². The molecule has 0 aliphatic carbocycles. The molecule has 4 heterocycles. The van der Waals surface area contributed by atoms with E-state index in [1.165, 1.54) is 13.0 Å². The van der Waals surface area contributed by atoms with E-state index in [9.17, 15) is 0 Å². The second-order valence-electron chi connectivity index (χ2n) is 7.64. The fourth-order valence-electron chi connectivity index (χ4n) is 4.16. The van der Waals surface area contributed by atoms with E-state index < -0.39 is 0 Å². The standard InChI is InChI=1S/C20H31N7O/c1-21-20(26-10-7-17(16-26)15-25-11-13-28-14-12-25)22-8-4-6-19-24-23-18-5-2-3-9-27(18)19/h2-3,5,9,17H,4,6-8,10-16H2,1H3,(H,21,22). The Morgan fingerprint density at radius 1 is 1.25 bits per heavy atom. The molecule has 0 radical (unpaired) electrons. The van der Waals surface area contributed by atoms with E-state index in [4.69, 9.17) is 4.74 Å². The normalized spacial score (nSPS) is 21.5. The van der Waals surface area contributed by atoms with Crippen molar-refractivity contribution in [2.24, 2.45) is 10.9 Å². The van der Waals surface area contributed by atoms with Gasteiger partial charge in [-0.2, -0.15) is 0 Å².